The summed E-state index contributed by atoms with van der Waals surface area (Å²) < 4.78 is 43.6. The van der Waals surface area contributed by atoms with Gasteiger partial charge < -0.3 is 20.5 Å². The van der Waals surface area contributed by atoms with E-state index in [1.165, 1.54) is 6.20 Å². The molecule has 3 N–H and O–H groups in total. The molecule has 1 aliphatic rings. The number of aliphatic hydroxyl groups excluding tert-OH is 1. The molecule has 3 unspecified atom stereocenters. The minimum absolute atomic E-state index is 0.0542. The summed E-state index contributed by atoms with van der Waals surface area (Å²) in [7, 11) is 0. The van der Waals surface area contributed by atoms with E-state index in [0.29, 0.717) is 22.5 Å². The van der Waals surface area contributed by atoms with Crippen LogP contribution in [0.5, 0.6) is 5.75 Å². The number of aryl methyl sites for hydroxylation is 1. The van der Waals surface area contributed by atoms with Crippen molar-refractivity contribution in [2.45, 2.75) is 45.1 Å². The van der Waals surface area contributed by atoms with Gasteiger partial charge in [-0.15, -0.1) is 0 Å². The molecule has 0 saturated heterocycles. The van der Waals surface area contributed by atoms with Gasteiger partial charge in [-0.1, -0.05) is 0 Å². The van der Waals surface area contributed by atoms with Crippen LogP contribution in [0.3, 0.4) is 0 Å². The summed E-state index contributed by atoms with van der Waals surface area (Å²) in [4.78, 5) is 18.0. The van der Waals surface area contributed by atoms with Gasteiger partial charge in [-0.2, -0.15) is 18.3 Å². The molecular weight excluding hydrogens is 415 g/mol. The monoisotopic (exact) mass is 439 g/mol. The second-order valence-electron chi connectivity index (χ2n) is 7.57. The minimum atomic E-state index is -4.43. The highest BCUT2D eigenvalue weighted by molar-refractivity contribution is 5.83. The molecule has 0 fully saturated rings. The maximum Gasteiger partial charge on any atom is 0.422 e. The number of rotatable bonds is 7. The Bertz CT molecular complexity index is 987. The summed E-state index contributed by atoms with van der Waals surface area (Å²) in [6.07, 6.45) is 1.26. The Labute approximate surface area is 177 Å². The zero-order valence-corrected chi connectivity index (χ0v) is 17.3. The molecule has 0 aromatic carbocycles. The molecule has 0 bridgehead atoms. The Morgan fingerprint density at radius 3 is 2.68 bits per heavy atom. The third kappa shape index (κ3) is 5.16. The molecule has 0 saturated carbocycles. The van der Waals surface area contributed by atoms with Crippen LogP contribution in [-0.4, -0.2) is 56.1 Å². The summed E-state index contributed by atoms with van der Waals surface area (Å²) in [5, 5.41) is 14.2. The number of alkyl halides is 3. The smallest absolute Gasteiger partial charge is 0.422 e. The molecule has 1 amide bonds. The van der Waals surface area contributed by atoms with Crippen molar-refractivity contribution < 1.29 is 27.8 Å². The lowest BCUT2D eigenvalue weighted by molar-refractivity contribution is -0.153. The number of fused-ring (bicyclic) bond motifs is 1. The van der Waals surface area contributed by atoms with Crippen molar-refractivity contribution in [1.29, 1.82) is 0 Å². The van der Waals surface area contributed by atoms with Gasteiger partial charge in [0.1, 0.15) is 11.8 Å². The standard InChI is InChI=1S/C20H24F3N5O3/c1-11-6-16(25-7-17(11)31-10-20(21,22)23)13(3)28-9-14-15(26-28)4-5-27(8-12(2)29)18(14)19(24)30/h4-7,9,12-13,18,29H,8,10H2,1-3H3,(H2,24,30). The number of ether oxygens (including phenoxy) is 1. The van der Waals surface area contributed by atoms with Gasteiger partial charge >= 0.3 is 6.18 Å². The van der Waals surface area contributed by atoms with Crippen molar-refractivity contribution in [1.82, 2.24) is 19.7 Å². The van der Waals surface area contributed by atoms with Gasteiger partial charge in [0.15, 0.2) is 6.61 Å². The molecule has 3 heterocycles. The van der Waals surface area contributed by atoms with E-state index in [9.17, 15) is 23.1 Å². The Morgan fingerprint density at radius 2 is 2.10 bits per heavy atom. The topological polar surface area (TPSA) is 106 Å². The van der Waals surface area contributed by atoms with Gasteiger partial charge in [-0.3, -0.25) is 14.5 Å². The second-order valence-corrected chi connectivity index (χ2v) is 7.57. The molecule has 3 atom stereocenters. The van der Waals surface area contributed by atoms with Crippen molar-refractivity contribution in [2.75, 3.05) is 13.2 Å². The van der Waals surface area contributed by atoms with Crippen LogP contribution in [0.1, 0.15) is 48.4 Å². The number of pyridine rings is 1. The van der Waals surface area contributed by atoms with Crippen LogP contribution < -0.4 is 10.5 Å². The van der Waals surface area contributed by atoms with E-state index < -0.39 is 30.8 Å². The number of hydrogen-bond acceptors (Lipinski definition) is 6. The highest BCUT2D eigenvalue weighted by Gasteiger charge is 2.32. The number of β-amino-alcohol motifs (C(OH)–C–C–N with tert-alkyl or cyclic N) is 1. The molecule has 1 aliphatic heterocycles. The van der Waals surface area contributed by atoms with Crippen LogP contribution in [0.4, 0.5) is 13.2 Å². The number of amides is 1. The molecule has 8 nitrogen and oxygen atoms in total. The zero-order valence-electron chi connectivity index (χ0n) is 17.3. The van der Waals surface area contributed by atoms with Gasteiger partial charge in [0.25, 0.3) is 0 Å². The molecule has 2 aromatic heterocycles. The first-order chi connectivity index (χ1) is 14.5. The number of nitrogens with zero attached hydrogens (tertiary/aromatic N) is 4. The van der Waals surface area contributed by atoms with E-state index in [-0.39, 0.29) is 18.3 Å². The molecular formula is C20H24F3N5O3. The van der Waals surface area contributed by atoms with E-state index in [0.717, 1.165) is 0 Å². The van der Waals surface area contributed by atoms with Crippen molar-refractivity contribution in [3.05, 3.63) is 47.2 Å². The van der Waals surface area contributed by atoms with Gasteiger partial charge in [0.2, 0.25) is 5.91 Å². The molecule has 0 radical (unpaired) electrons. The van der Waals surface area contributed by atoms with E-state index in [4.69, 9.17) is 10.5 Å². The highest BCUT2D eigenvalue weighted by atomic mass is 19.4. The quantitative estimate of drug-likeness (QED) is 0.686. The minimum Gasteiger partial charge on any atom is -0.482 e. The van der Waals surface area contributed by atoms with E-state index >= 15 is 0 Å². The van der Waals surface area contributed by atoms with Gasteiger partial charge in [0.05, 0.1) is 29.7 Å². The zero-order chi connectivity index (χ0) is 22.9. The lowest BCUT2D eigenvalue weighted by Crippen LogP contribution is -2.39. The summed E-state index contributed by atoms with van der Waals surface area (Å²) in [6, 6.07) is 0.495. The van der Waals surface area contributed by atoms with Crippen LogP contribution in [0, 0.1) is 6.92 Å². The van der Waals surface area contributed by atoms with Crippen molar-refractivity contribution >= 4 is 12.0 Å². The number of nitrogens with two attached hydrogens (primary N) is 1. The molecule has 0 spiro atoms. The first kappa shape index (κ1) is 22.6. The van der Waals surface area contributed by atoms with Gasteiger partial charge in [-0.05, 0) is 38.5 Å². The third-order valence-corrected chi connectivity index (χ3v) is 4.89. The van der Waals surface area contributed by atoms with E-state index in [2.05, 4.69) is 10.1 Å². The van der Waals surface area contributed by atoms with Crippen molar-refractivity contribution in [3.63, 3.8) is 0 Å². The number of carbonyl (C=O) groups excluding carboxylic acids is 1. The van der Waals surface area contributed by atoms with Crippen LogP contribution in [-0.2, 0) is 4.79 Å². The van der Waals surface area contributed by atoms with Crippen molar-refractivity contribution in [3.8, 4) is 5.75 Å². The number of hydrogen-bond donors (Lipinski definition) is 2. The first-order valence-electron chi connectivity index (χ1n) is 9.62. The fraction of sp³-hybridized carbons (Fsp3) is 0.450. The highest BCUT2D eigenvalue weighted by Crippen LogP contribution is 2.32. The number of aromatic nitrogens is 3. The number of carbonyl (C=O) groups is 1. The van der Waals surface area contributed by atoms with Crippen LogP contribution in [0.15, 0.2) is 24.7 Å². The summed E-state index contributed by atoms with van der Waals surface area (Å²) in [6.45, 7) is 3.91. The van der Waals surface area contributed by atoms with Crippen LogP contribution >= 0.6 is 0 Å². The molecule has 2 aromatic rings. The Kier molecular flexibility index (Phi) is 6.25. The van der Waals surface area contributed by atoms with E-state index in [1.807, 2.05) is 6.92 Å². The molecule has 168 valence electrons. The number of halogens is 3. The molecule has 31 heavy (non-hydrogen) atoms. The third-order valence-electron chi connectivity index (χ3n) is 4.89. The maximum absolute atomic E-state index is 12.4. The lowest BCUT2D eigenvalue weighted by Gasteiger charge is -2.31. The molecule has 0 aliphatic carbocycles. The number of primary amides is 1. The predicted molar refractivity (Wildman–Crippen MR) is 106 cm³/mol. The second kappa shape index (κ2) is 8.58. The normalized spacial score (nSPS) is 17.9. The van der Waals surface area contributed by atoms with Crippen molar-refractivity contribution in [2.24, 2.45) is 5.73 Å². The number of aliphatic hydroxyl groups is 1. The average molecular weight is 439 g/mol. The molecule has 3 rings (SSSR count). The summed E-state index contributed by atoms with van der Waals surface area (Å²) >= 11 is 0. The Hall–Kier alpha value is -3.08. The van der Waals surface area contributed by atoms with Gasteiger partial charge in [-0.25, -0.2) is 0 Å². The predicted octanol–water partition coefficient (Wildman–Crippen LogP) is 2.33. The average Bonchev–Trinajstić information content (AvgIpc) is 3.08. The first-order valence-corrected chi connectivity index (χ1v) is 9.62. The maximum atomic E-state index is 12.4. The fourth-order valence-electron chi connectivity index (χ4n) is 3.42. The summed E-state index contributed by atoms with van der Waals surface area (Å²) in [5.41, 5.74) is 7.85. The van der Waals surface area contributed by atoms with Crippen LogP contribution in [0.2, 0.25) is 0 Å². The molecule has 11 heteroatoms. The SMILES string of the molecule is Cc1cc(C(C)n2cc3c(n2)C=CN(CC(C)O)C3C(N)=O)ncc1OCC(F)(F)F. The van der Waals surface area contributed by atoms with Gasteiger partial charge in [0, 0.05) is 24.5 Å². The van der Waals surface area contributed by atoms with E-state index in [1.54, 1.807) is 48.0 Å². The Balaban J connectivity index is 1.84. The summed E-state index contributed by atoms with van der Waals surface area (Å²) in [5.74, 6) is -0.517. The Morgan fingerprint density at radius 1 is 1.39 bits per heavy atom. The lowest BCUT2D eigenvalue weighted by atomic mass is 10.0. The fourth-order valence-corrected chi connectivity index (χ4v) is 3.42. The van der Waals surface area contributed by atoms with Crippen LogP contribution in [0.25, 0.3) is 6.08 Å². The largest absolute Gasteiger partial charge is 0.482 e.